The van der Waals surface area contributed by atoms with E-state index in [0.29, 0.717) is 22.4 Å². The summed E-state index contributed by atoms with van der Waals surface area (Å²) in [5.41, 5.74) is 0.372. The maximum atomic E-state index is 14.7. The lowest BCUT2D eigenvalue weighted by Gasteiger charge is -2.37. The molecule has 2 aliphatic heterocycles. The predicted molar refractivity (Wildman–Crippen MR) is 161 cm³/mol. The van der Waals surface area contributed by atoms with Gasteiger partial charge in [-0.05, 0) is 11.6 Å². The Labute approximate surface area is 251 Å². The lowest BCUT2D eigenvalue weighted by molar-refractivity contribution is -0.384. The molecule has 9 heteroatoms. The highest BCUT2D eigenvalue weighted by molar-refractivity contribution is 6.32. The van der Waals surface area contributed by atoms with Crippen LogP contribution in [0.25, 0.3) is 6.08 Å². The zero-order valence-electron chi connectivity index (χ0n) is 23.4. The quantitative estimate of drug-likeness (QED) is 0.0716. The number of anilines is 1. The van der Waals surface area contributed by atoms with E-state index in [0.717, 1.165) is 0 Å². The minimum absolute atomic E-state index is 0.167. The number of hydrogen-bond acceptors (Lipinski definition) is 8. The van der Waals surface area contributed by atoms with Crippen LogP contribution in [0, 0.1) is 15.5 Å². The maximum Gasteiger partial charge on any atom is 0.308 e. The zero-order valence-corrected chi connectivity index (χ0v) is 23.4. The number of carbonyl (C=O) groups excluding carboxylic acids is 4. The number of non-ortho nitro benzene ring substituents is 1. The van der Waals surface area contributed by atoms with Crippen molar-refractivity contribution in [2.24, 2.45) is 5.41 Å². The first-order valence-electron chi connectivity index (χ1n) is 14.1. The molecule has 0 bridgehead atoms. The fourth-order valence-corrected chi connectivity index (χ4v) is 7.17. The first-order valence-corrected chi connectivity index (χ1v) is 14.1. The minimum Gasteiger partial charge on any atom is -0.424 e. The molecule has 44 heavy (non-hydrogen) atoms. The molecule has 0 saturated carbocycles. The van der Waals surface area contributed by atoms with E-state index in [2.05, 4.69) is 0 Å². The molecule has 4 aromatic rings. The van der Waals surface area contributed by atoms with E-state index < -0.39 is 45.9 Å². The van der Waals surface area contributed by atoms with Crippen molar-refractivity contribution in [1.29, 1.82) is 0 Å². The summed E-state index contributed by atoms with van der Waals surface area (Å²) in [4.78, 5) is 69.2. The zero-order chi connectivity index (χ0) is 30.7. The number of hydrogen-bond donors (Lipinski definition) is 0. The summed E-state index contributed by atoms with van der Waals surface area (Å²) in [6.07, 6.45) is 3.54. The molecule has 1 aliphatic carbocycles. The van der Waals surface area contributed by atoms with Crippen molar-refractivity contribution < 1.29 is 28.8 Å². The van der Waals surface area contributed by atoms with Crippen LogP contribution in [0.5, 0.6) is 5.75 Å². The van der Waals surface area contributed by atoms with Crippen molar-refractivity contribution >= 4 is 40.8 Å². The molecule has 0 unspecified atom stereocenters. The molecular weight excluding hydrogens is 560 g/mol. The monoisotopic (exact) mass is 584 g/mol. The average molecular weight is 585 g/mol. The normalized spacial score (nSPS) is 20.7. The number of nitro benzene ring substituents is 1. The van der Waals surface area contributed by atoms with Gasteiger partial charge in [-0.25, -0.2) is 0 Å². The number of fused-ring (bicyclic) bond motifs is 5. The van der Waals surface area contributed by atoms with Crippen molar-refractivity contribution in [1.82, 2.24) is 0 Å². The van der Waals surface area contributed by atoms with Crippen LogP contribution in [0.2, 0.25) is 0 Å². The van der Waals surface area contributed by atoms with Gasteiger partial charge in [0.15, 0.2) is 23.1 Å². The number of nitrogens with zero attached hydrogens (tertiary/aromatic N) is 2. The summed E-state index contributed by atoms with van der Waals surface area (Å²) < 4.78 is 5.63. The molecule has 2 heterocycles. The third-order valence-corrected chi connectivity index (χ3v) is 8.83. The number of ether oxygens (including phenoxy) is 1. The second kappa shape index (κ2) is 9.95. The van der Waals surface area contributed by atoms with Gasteiger partial charge in [-0.2, -0.15) is 0 Å². The number of nitro groups is 1. The van der Waals surface area contributed by atoms with E-state index in [1.807, 2.05) is 0 Å². The summed E-state index contributed by atoms with van der Waals surface area (Å²) >= 11 is 0. The Morgan fingerprint density at radius 2 is 1.48 bits per heavy atom. The van der Waals surface area contributed by atoms with E-state index in [1.54, 1.807) is 89.8 Å². The molecule has 9 nitrogen and oxygen atoms in total. The molecule has 0 N–H and O–H groups in total. The molecule has 4 aromatic carbocycles. The number of esters is 1. The van der Waals surface area contributed by atoms with E-state index in [-0.39, 0.29) is 28.3 Å². The molecule has 0 amide bonds. The smallest absolute Gasteiger partial charge is 0.308 e. The topological polar surface area (TPSA) is 124 Å². The molecule has 216 valence electrons. The Morgan fingerprint density at radius 3 is 2.09 bits per heavy atom. The maximum absolute atomic E-state index is 14.7. The van der Waals surface area contributed by atoms with Crippen LogP contribution in [0.3, 0.4) is 0 Å². The molecule has 1 saturated heterocycles. The van der Waals surface area contributed by atoms with E-state index in [1.165, 1.54) is 31.2 Å². The number of rotatable bonds is 5. The summed E-state index contributed by atoms with van der Waals surface area (Å²) in [6.45, 7) is 1.27. The third-order valence-electron chi connectivity index (χ3n) is 8.83. The Bertz CT molecular complexity index is 1900. The molecule has 0 radical (unpaired) electrons. The number of ketones is 3. The van der Waals surface area contributed by atoms with Crippen LogP contribution >= 0.6 is 0 Å². The Balaban J connectivity index is 1.56. The number of carbonyl (C=O) groups is 4. The lowest BCUT2D eigenvalue weighted by Crippen LogP contribution is -2.48. The van der Waals surface area contributed by atoms with Gasteiger partial charge in [0.05, 0.1) is 16.7 Å². The lowest BCUT2D eigenvalue weighted by atomic mass is 9.64. The molecule has 1 fully saturated rings. The molecule has 1 spiro atoms. The fraction of sp³-hybridized carbons (Fsp3) is 0.143. The van der Waals surface area contributed by atoms with Gasteiger partial charge in [-0.3, -0.25) is 29.3 Å². The number of para-hydroxylation sites is 1. The van der Waals surface area contributed by atoms with Gasteiger partial charge in [0.25, 0.3) is 5.69 Å². The standard InChI is InChI=1S/C35H24N2O7/c1-20(38)44-27-13-7-10-22-16-19-28-35(33(40)25-11-5-6-12-26(25)34(35)41)29(21-14-17-24(18-15-21)37(42)43)31(36(28)30(22)27)32(39)23-8-3-2-4-9-23/h2-19,28-29,31H,1H3/t28-,29-,31+/m0/s1. The van der Waals surface area contributed by atoms with Gasteiger partial charge in [0.1, 0.15) is 11.5 Å². The molecule has 3 atom stereocenters. The summed E-state index contributed by atoms with van der Waals surface area (Å²) in [5, 5.41) is 11.5. The molecular formula is C35H24N2O7. The van der Waals surface area contributed by atoms with Crippen molar-refractivity contribution in [3.8, 4) is 5.75 Å². The largest absolute Gasteiger partial charge is 0.424 e. The van der Waals surface area contributed by atoms with Crippen LogP contribution in [0.1, 0.15) is 55.0 Å². The first kappa shape index (κ1) is 27.2. The van der Waals surface area contributed by atoms with Crippen LogP contribution < -0.4 is 9.64 Å². The summed E-state index contributed by atoms with van der Waals surface area (Å²) in [6, 6.07) is 23.9. The first-order chi connectivity index (χ1) is 21.2. The fourth-order valence-electron chi connectivity index (χ4n) is 7.17. The van der Waals surface area contributed by atoms with Crippen molar-refractivity contribution in [2.75, 3.05) is 4.90 Å². The van der Waals surface area contributed by atoms with E-state index in [9.17, 15) is 29.3 Å². The van der Waals surface area contributed by atoms with Gasteiger partial charge in [0, 0.05) is 47.2 Å². The molecule has 0 aromatic heterocycles. The Kier molecular flexibility index (Phi) is 6.14. The van der Waals surface area contributed by atoms with E-state index in [4.69, 9.17) is 4.74 Å². The van der Waals surface area contributed by atoms with Gasteiger partial charge in [0.2, 0.25) is 0 Å². The van der Waals surface area contributed by atoms with Crippen molar-refractivity contribution in [3.63, 3.8) is 0 Å². The summed E-state index contributed by atoms with van der Waals surface area (Å²) in [5.74, 6) is -2.67. The third kappa shape index (κ3) is 3.72. The second-order valence-electron chi connectivity index (χ2n) is 11.1. The van der Waals surface area contributed by atoms with Crippen molar-refractivity contribution in [3.05, 3.63) is 141 Å². The van der Waals surface area contributed by atoms with Crippen LogP contribution in [0.15, 0.2) is 103 Å². The Morgan fingerprint density at radius 1 is 0.841 bits per heavy atom. The van der Waals surface area contributed by atoms with Crippen LogP contribution in [-0.4, -0.2) is 40.3 Å². The number of Topliss-reactive ketones (excluding diaryl/α,β-unsaturated/α-hetero) is 3. The van der Waals surface area contributed by atoms with Gasteiger partial charge in [-0.1, -0.05) is 91.0 Å². The van der Waals surface area contributed by atoms with Crippen LogP contribution in [-0.2, 0) is 4.79 Å². The molecule has 7 rings (SSSR count). The van der Waals surface area contributed by atoms with Gasteiger partial charge >= 0.3 is 5.97 Å². The highest BCUT2D eigenvalue weighted by Crippen LogP contribution is 2.62. The van der Waals surface area contributed by atoms with Crippen molar-refractivity contribution in [2.45, 2.75) is 24.9 Å². The van der Waals surface area contributed by atoms with Crippen LogP contribution in [0.4, 0.5) is 11.4 Å². The highest BCUT2D eigenvalue weighted by atomic mass is 16.6. The molecule has 3 aliphatic rings. The average Bonchev–Trinajstić information content (AvgIpc) is 3.47. The van der Waals surface area contributed by atoms with Gasteiger partial charge in [-0.15, -0.1) is 0 Å². The summed E-state index contributed by atoms with van der Waals surface area (Å²) in [7, 11) is 0. The van der Waals surface area contributed by atoms with E-state index >= 15 is 0 Å². The minimum atomic E-state index is -1.80. The second-order valence-corrected chi connectivity index (χ2v) is 11.1. The SMILES string of the molecule is CC(=O)Oc1cccc2c1N1[C@@H](C=C2)C2(C(=O)c3ccccc3C2=O)[C@@H](c2ccc([N+](=O)[O-])cc2)[C@@H]1C(=O)c1ccccc1. The Hall–Kier alpha value is -5.70. The predicted octanol–water partition coefficient (Wildman–Crippen LogP) is 5.84. The highest BCUT2D eigenvalue weighted by Gasteiger charge is 2.71. The number of benzene rings is 4. The van der Waals surface area contributed by atoms with Gasteiger partial charge < -0.3 is 9.64 Å².